The predicted octanol–water partition coefficient (Wildman–Crippen LogP) is 0.761. The molecule has 0 radical (unpaired) electrons. The molecule has 0 aromatic carbocycles. The number of amides is 1. The number of nitrogens with one attached hydrogen (secondary N) is 1. The number of pyridine rings is 1. The second kappa shape index (κ2) is 5.58. The van der Waals surface area contributed by atoms with Gasteiger partial charge in [-0.3, -0.25) is 9.20 Å². The minimum atomic E-state index is -0.516. The van der Waals surface area contributed by atoms with Gasteiger partial charge in [-0.1, -0.05) is 26.8 Å². The van der Waals surface area contributed by atoms with Crippen molar-refractivity contribution in [2.75, 3.05) is 6.54 Å². The minimum absolute atomic E-state index is 0.133. The zero-order valence-corrected chi connectivity index (χ0v) is 12.1. The number of carbonyl (C=O) groups excluding carboxylic acids is 1. The van der Waals surface area contributed by atoms with E-state index in [0.717, 1.165) is 11.5 Å². The lowest BCUT2D eigenvalue weighted by molar-refractivity contribution is -0.124. The molecular formula is C14H21N5O. The summed E-state index contributed by atoms with van der Waals surface area (Å²) < 4.78 is 1.91. The summed E-state index contributed by atoms with van der Waals surface area (Å²) in [6.45, 7) is 6.34. The van der Waals surface area contributed by atoms with E-state index in [9.17, 15) is 4.79 Å². The van der Waals surface area contributed by atoms with Gasteiger partial charge >= 0.3 is 0 Å². The lowest BCUT2D eigenvalue weighted by Crippen LogP contribution is -2.49. The van der Waals surface area contributed by atoms with E-state index < -0.39 is 6.04 Å². The Balaban J connectivity index is 1.92. The molecule has 0 saturated heterocycles. The topological polar surface area (TPSA) is 85.3 Å². The third-order valence-corrected chi connectivity index (χ3v) is 3.25. The first-order valence-corrected chi connectivity index (χ1v) is 6.71. The van der Waals surface area contributed by atoms with E-state index in [1.54, 1.807) is 0 Å². The van der Waals surface area contributed by atoms with E-state index >= 15 is 0 Å². The number of fused-ring (bicyclic) bond motifs is 1. The molecule has 2 rings (SSSR count). The van der Waals surface area contributed by atoms with Gasteiger partial charge < -0.3 is 11.1 Å². The third kappa shape index (κ3) is 3.14. The van der Waals surface area contributed by atoms with Crippen LogP contribution in [0.1, 0.15) is 26.6 Å². The van der Waals surface area contributed by atoms with Crippen LogP contribution in [0, 0.1) is 5.41 Å². The van der Waals surface area contributed by atoms with E-state index in [2.05, 4.69) is 15.5 Å². The first-order valence-electron chi connectivity index (χ1n) is 6.71. The van der Waals surface area contributed by atoms with E-state index in [-0.39, 0.29) is 11.3 Å². The van der Waals surface area contributed by atoms with Crippen molar-refractivity contribution in [1.29, 1.82) is 0 Å². The zero-order valence-electron chi connectivity index (χ0n) is 12.1. The molecule has 0 aliphatic heterocycles. The Bertz CT molecular complexity index is 599. The maximum absolute atomic E-state index is 11.9. The highest BCUT2D eigenvalue weighted by Gasteiger charge is 2.27. The zero-order chi connectivity index (χ0) is 14.8. The summed E-state index contributed by atoms with van der Waals surface area (Å²) >= 11 is 0. The van der Waals surface area contributed by atoms with E-state index in [1.807, 2.05) is 49.6 Å². The number of nitrogens with two attached hydrogens (primary N) is 1. The van der Waals surface area contributed by atoms with Crippen LogP contribution >= 0.6 is 0 Å². The molecule has 20 heavy (non-hydrogen) atoms. The van der Waals surface area contributed by atoms with Gasteiger partial charge in [0, 0.05) is 19.2 Å². The lowest BCUT2D eigenvalue weighted by atomic mass is 9.87. The number of hydrogen-bond donors (Lipinski definition) is 2. The van der Waals surface area contributed by atoms with Crippen molar-refractivity contribution in [2.45, 2.75) is 33.2 Å². The number of hydrogen-bond acceptors (Lipinski definition) is 4. The summed E-state index contributed by atoms with van der Waals surface area (Å²) in [5, 5.41) is 11.0. The van der Waals surface area contributed by atoms with Crippen LogP contribution in [-0.2, 0) is 11.2 Å². The van der Waals surface area contributed by atoms with Gasteiger partial charge in [-0.25, -0.2) is 0 Å². The van der Waals surface area contributed by atoms with Crippen LogP contribution in [-0.4, -0.2) is 33.1 Å². The molecule has 0 spiro atoms. The number of carbonyl (C=O) groups is 1. The number of nitrogens with zero attached hydrogens (tertiary/aromatic N) is 3. The molecular weight excluding hydrogens is 254 g/mol. The fourth-order valence-corrected chi connectivity index (χ4v) is 1.86. The van der Waals surface area contributed by atoms with E-state index in [4.69, 9.17) is 5.73 Å². The molecule has 2 heterocycles. The van der Waals surface area contributed by atoms with Crippen molar-refractivity contribution in [3.8, 4) is 0 Å². The standard InChI is InChI=1S/C14H21N5O/c1-14(2,3)12(15)13(20)16-8-7-11-18-17-10-6-4-5-9-19(10)11/h4-6,9,12H,7-8,15H2,1-3H3,(H,16,20). The molecule has 2 aromatic rings. The Kier molecular flexibility index (Phi) is 4.04. The molecule has 3 N–H and O–H groups in total. The van der Waals surface area contributed by atoms with Crippen LogP contribution in [0.25, 0.3) is 5.65 Å². The van der Waals surface area contributed by atoms with E-state index in [0.29, 0.717) is 13.0 Å². The molecule has 6 heteroatoms. The SMILES string of the molecule is CC(C)(C)C(N)C(=O)NCCc1nnc2ccccn12. The normalized spacial score (nSPS) is 13.4. The Morgan fingerprint density at radius 2 is 2.15 bits per heavy atom. The molecule has 0 aliphatic rings. The molecule has 0 bridgehead atoms. The van der Waals surface area contributed by atoms with Crippen molar-refractivity contribution in [3.05, 3.63) is 30.2 Å². The van der Waals surface area contributed by atoms with Gasteiger partial charge in [-0.15, -0.1) is 10.2 Å². The van der Waals surface area contributed by atoms with Gasteiger partial charge in [0.15, 0.2) is 5.65 Å². The minimum Gasteiger partial charge on any atom is -0.354 e. The van der Waals surface area contributed by atoms with Gasteiger partial charge in [0.1, 0.15) is 5.82 Å². The van der Waals surface area contributed by atoms with Crippen molar-refractivity contribution in [1.82, 2.24) is 19.9 Å². The third-order valence-electron chi connectivity index (χ3n) is 3.25. The highest BCUT2D eigenvalue weighted by atomic mass is 16.2. The Morgan fingerprint density at radius 3 is 2.85 bits per heavy atom. The van der Waals surface area contributed by atoms with Crippen molar-refractivity contribution >= 4 is 11.6 Å². The molecule has 0 aliphatic carbocycles. The quantitative estimate of drug-likeness (QED) is 0.862. The highest BCUT2D eigenvalue weighted by molar-refractivity contribution is 5.82. The van der Waals surface area contributed by atoms with Gasteiger partial charge in [-0.05, 0) is 17.5 Å². The predicted molar refractivity (Wildman–Crippen MR) is 77.1 cm³/mol. The van der Waals surface area contributed by atoms with Crippen LogP contribution in [0.2, 0.25) is 0 Å². The van der Waals surface area contributed by atoms with Crippen molar-refractivity contribution < 1.29 is 4.79 Å². The van der Waals surface area contributed by atoms with Crippen molar-refractivity contribution in [3.63, 3.8) is 0 Å². The molecule has 2 aromatic heterocycles. The molecule has 1 atom stereocenters. The second-order valence-corrected chi connectivity index (χ2v) is 5.93. The van der Waals surface area contributed by atoms with Crippen LogP contribution in [0.15, 0.2) is 24.4 Å². The number of rotatable bonds is 4. The maximum Gasteiger partial charge on any atom is 0.237 e. The monoisotopic (exact) mass is 275 g/mol. The van der Waals surface area contributed by atoms with Gasteiger partial charge in [0.25, 0.3) is 0 Å². The molecule has 1 unspecified atom stereocenters. The Labute approximate surface area is 118 Å². The van der Waals surface area contributed by atoms with Crippen molar-refractivity contribution in [2.24, 2.45) is 11.1 Å². The fourth-order valence-electron chi connectivity index (χ4n) is 1.86. The maximum atomic E-state index is 11.9. The Morgan fingerprint density at radius 1 is 1.40 bits per heavy atom. The smallest absolute Gasteiger partial charge is 0.237 e. The lowest BCUT2D eigenvalue weighted by Gasteiger charge is -2.25. The molecule has 0 saturated carbocycles. The first kappa shape index (κ1) is 14.5. The van der Waals surface area contributed by atoms with Crippen LogP contribution < -0.4 is 11.1 Å². The van der Waals surface area contributed by atoms with Gasteiger partial charge in [-0.2, -0.15) is 0 Å². The summed E-state index contributed by atoms with van der Waals surface area (Å²) in [4.78, 5) is 11.9. The molecule has 0 fully saturated rings. The fraction of sp³-hybridized carbons (Fsp3) is 0.500. The molecule has 6 nitrogen and oxygen atoms in total. The van der Waals surface area contributed by atoms with Crippen LogP contribution in [0.3, 0.4) is 0 Å². The first-order chi connectivity index (χ1) is 9.39. The average Bonchev–Trinajstić information content (AvgIpc) is 2.80. The van der Waals surface area contributed by atoms with Crippen LogP contribution in [0.4, 0.5) is 0 Å². The number of aromatic nitrogens is 3. The summed E-state index contributed by atoms with van der Waals surface area (Å²) in [5.41, 5.74) is 6.46. The summed E-state index contributed by atoms with van der Waals surface area (Å²) in [7, 11) is 0. The largest absolute Gasteiger partial charge is 0.354 e. The average molecular weight is 275 g/mol. The summed E-state index contributed by atoms with van der Waals surface area (Å²) in [6, 6.07) is 5.22. The second-order valence-electron chi connectivity index (χ2n) is 5.93. The van der Waals surface area contributed by atoms with E-state index in [1.165, 1.54) is 0 Å². The Hall–Kier alpha value is -1.95. The highest BCUT2D eigenvalue weighted by Crippen LogP contribution is 2.17. The van der Waals surface area contributed by atoms with Gasteiger partial charge in [0.2, 0.25) is 5.91 Å². The molecule has 1 amide bonds. The van der Waals surface area contributed by atoms with Crippen LogP contribution in [0.5, 0.6) is 0 Å². The summed E-state index contributed by atoms with van der Waals surface area (Å²) in [6.07, 6.45) is 2.53. The molecule has 108 valence electrons. The summed E-state index contributed by atoms with van der Waals surface area (Å²) in [5.74, 6) is 0.691. The van der Waals surface area contributed by atoms with Gasteiger partial charge in [0.05, 0.1) is 6.04 Å².